The Bertz CT molecular complexity index is 831. The summed E-state index contributed by atoms with van der Waals surface area (Å²) in [6.07, 6.45) is 9.01. The van der Waals surface area contributed by atoms with Crippen LogP contribution in [-0.4, -0.2) is 33.9 Å². The van der Waals surface area contributed by atoms with Crippen molar-refractivity contribution in [1.29, 1.82) is 0 Å². The van der Waals surface area contributed by atoms with E-state index in [4.69, 9.17) is 16.3 Å². The Labute approximate surface area is 157 Å². The number of pyridine rings is 1. The van der Waals surface area contributed by atoms with Crippen molar-refractivity contribution in [1.82, 2.24) is 14.7 Å². The smallest absolute Gasteiger partial charge is 0.331 e. The molecule has 7 heteroatoms. The number of carbonyl (C=O) groups is 2. The fourth-order valence-corrected chi connectivity index (χ4v) is 3.49. The third-order valence-electron chi connectivity index (χ3n) is 4.70. The highest BCUT2D eigenvalue weighted by Crippen LogP contribution is 2.23. The lowest BCUT2D eigenvalue weighted by atomic mass is 9.86. The first-order valence-electron chi connectivity index (χ1n) is 8.81. The molecule has 0 radical (unpaired) electrons. The molecule has 0 aromatic carbocycles. The van der Waals surface area contributed by atoms with Gasteiger partial charge in [0, 0.05) is 18.3 Å². The molecule has 6 nitrogen and oxygen atoms in total. The highest BCUT2D eigenvalue weighted by atomic mass is 35.5. The van der Waals surface area contributed by atoms with Crippen molar-refractivity contribution in [2.24, 2.45) is 5.92 Å². The summed E-state index contributed by atoms with van der Waals surface area (Å²) in [6.45, 7) is 1.85. The van der Waals surface area contributed by atoms with Crippen LogP contribution in [0, 0.1) is 5.92 Å². The fraction of sp³-hybridized carbons (Fsp3) is 0.421. The number of nitrogens with one attached hydrogen (secondary N) is 1. The van der Waals surface area contributed by atoms with Crippen molar-refractivity contribution in [3.63, 3.8) is 0 Å². The molecule has 1 N–H and O–H groups in total. The Morgan fingerprint density at radius 3 is 3.00 bits per heavy atom. The Balaban J connectivity index is 1.52. The van der Waals surface area contributed by atoms with Gasteiger partial charge in [0.25, 0.3) is 5.91 Å². The van der Waals surface area contributed by atoms with Gasteiger partial charge in [0.05, 0.1) is 5.69 Å². The summed E-state index contributed by atoms with van der Waals surface area (Å²) < 4.78 is 6.79. The molecule has 2 aromatic heterocycles. The van der Waals surface area contributed by atoms with E-state index in [2.05, 4.69) is 17.2 Å². The number of halogens is 1. The summed E-state index contributed by atoms with van der Waals surface area (Å²) in [5, 5.41) is 3.25. The van der Waals surface area contributed by atoms with E-state index < -0.39 is 5.97 Å². The molecule has 1 saturated carbocycles. The Hall–Kier alpha value is -2.34. The van der Waals surface area contributed by atoms with Gasteiger partial charge in [0.1, 0.15) is 5.65 Å². The largest absolute Gasteiger partial charge is 0.452 e. The van der Waals surface area contributed by atoms with Crippen LogP contribution in [-0.2, 0) is 14.3 Å². The SMILES string of the molecule is C[C@H]1CCCC[C@@H]1NC(=O)COC(=O)/C=C/c1c(Cl)nc2ccccn12. The van der Waals surface area contributed by atoms with Gasteiger partial charge in [-0.05, 0) is 37.0 Å². The van der Waals surface area contributed by atoms with Crippen LogP contribution >= 0.6 is 11.6 Å². The number of carbonyl (C=O) groups excluding carboxylic acids is 2. The molecule has 1 fully saturated rings. The Morgan fingerprint density at radius 2 is 2.19 bits per heavy atom. The first-order chi connectivity index (χ1) is 12.5. The number of nitrogens with zero attached hydrogens (tertiary/aromatic N) is 2. The van der Waals surface area contributed by atoms with E-state index in [0.717, 1.165) is 19.3 Å². The Morgan fingerprint density at radius 1 is 1.38 bits per heavy atom. The molecular formula is C19H22ClN3O3. The normalized spacial score (nSPS) is 20.4. The number of imidazole rings is 1. The van der Waals surface area contributed by atoms with E-state index in [9.17, 15) is 9.59 Å². The van der Waals surface area contributed by atoms with E-state index in [1.807, 2.05) is 18.2 Å². The second kappa shape index (κ2) is 8.36. The van der Waals surface area contributed by atoms with Gasteiger partial charge in [-0.2, -0.15) is 0 Å². The standard InChI is InChI=1S/C19H22ClN3O3/c1-13-6-2-3-7-14(13)21-17(24)12-26-18(25)10-9-15-19(20)22-16-8-4-5-11-23(15)16/h4-5,8-11,13-14H,2-3,6-7,12H2,1H3,(H,21,24)/b10-9+/t13-,14-/m0/s1. The summed E-state index contributed by atoms with van der Waals surface area (Å²) in [7, 11) is 0. The van der Waals surface area contributed by atoms with Gasteiger partial charge in [0.15, 0.2) is 11.8 Å². The van der Waals surface area contributed by atoms with Gasteiger partial charge in [-0.15, -0.1) is 0 Å². The second-order valence-electron chi connectivity index (χ2n) is 6.59. The molecule has 1 amide bonds. The van der Waals surface area contributed by atoms with E-state index in [0.29, 0.717) is 22.4 Å². The molecular weight excluding hydrogens is 354 g/mol. The van der Waals surface area contributed by atoms with E-state index in [-0.39, 0.29) is 18.6 Å². The van der Waals surface area contributed by atoms with Crippen LogP contribution in [0.3, 0.4) is 0 Å². The number of rotatable bonds is 5. The number of amides is 1. The summed E-state index contributed by atoms with van der Waals surface area (Å²) in [5.41, 5.74) is 1.27. The van der Waals surface area contributed by atoms with Gasteiger partial charge in [-0.25, -0.2) is 9.78 Å². The molecule has 0 spiro atoms. The summed E-state index contributed by atoms with van der Waals surface area (Å²) in [6, 6.07) is 5.68. The number of hydrogen-bond donors (Lipinski definition) is 1. The van der Waals surface area contributed by atoms with Gasteiger partial charge in [-0.3, -0.25) is 9.20 Å². The molecule has 0 aliphatic heterocycles. The molecule has 138 valence electrons. The lowest BCUT2D eigenvalue weighted by Gasteiger charge is -2.29. The van der Waals surface area contributed by atoms with Crippen molar-refractivity contribution >= 4 is 35.2 Å². The number of fused-ring (bicyclic) bond motifs is 1. The van der Waals surface area contributed by atoms with E-state index >= 15 is 0 Å². The molecule has 2 atom stereocenters. The second-order valence-corrected chi connectivity index (χ2v) is 6.95. The number of aromatic nitrogens is 2. The maximum Gasteiger partial charge on any atom is 0.331 e. The zero-order chi connectivity index (χ0) is 18.5. The van der Waals surface area contributed by atoms with Crippen molar-refractivity contribution in [3.8, 4) is 0 Å². The maximum absolute atomic E-state index is 12.0. The molecule has 2 aromatic rings. The number of hydrogen-bond acceptors (Lipinski definition) is 4. The molecule has 0 saturated heterocycles. The van der Waals surface area contributed by atoms with Gasteiger partial charge < -0.3 is 10.1 Å². The van der Waals surface area contributed by atoms with Crippen molar-refractivity contribution in [2.75, 3.05) is 6.61 Å². The zero-order valence-corrected chi connectivity index (χ0v) is 15.4. The third-order valence-corrected chi connectivity index (χ3v) is 4.98. The van der Waals surface area contributed by atoms with E-state index in [1.165, 1.54) is 18.6 Å². The average molecular weight is 376 g/mol. The Kier molecular flexibility index (Phi) is 5.93. The van der Waals surface area contributed by atoms with Crippen molar-refractivity contribution in [2.45, 2.75) is 38.6 Å². The minimum absolute atomic E-state index is 0.169. The minimum Gasteiger partial charge on any atom is -0.452 e. The van der Waals surface area contributed by atoms with Gasteiger partial charge in [0.2, 0.25) is 0 Å². The third kappa shape index (κ3) is 4.43. The van der Waals surface area contributed by atoms with Gasteiger partial charge in [-0.1, -0.05) is 37.4 Å². The topological polar surface area (TPSA) is 72.7 Å². The van der Waals surface area contributed by atoms with Crippen molar-refractivity contribution in [3.05, 3.63) is 41.3 Å². The molecule has 2 heterocycles. The van der Waals surface area contributed by atoms with Gasteiger partial charge >= 0.3 is 5.97 Å². The number of ether oxygens (including phenoxy) is 1. The zero-order valence-electron chi connectivity index (χ0n) is 14.7. The summed E-state index contributed by atoms with van der Waals surface area (Å²) in [4.78, 5) is 28.1. The van der Waals surface area contributed by atoms with Crippen LogP contribution < -0.4 is 5.32 Å². The van der Waals surface area contributed by atoms with Crippen LogP contribution in [0.4, 0.5) is 0 Å². The molecule has 0 bridgehead atoms. The van der Waals surface area contributed by atoms with Crippen LogP contribution in [0.2, 0.25) is 5.15 Å². The number of esters is 1. The predicted octanol–water partition coefficient (Wildman–Crippen LogP) is 3.24. The predicted molar refractivity (Wildman–Crippen MR) is 99.8 cm³/mol. The summed E-state index contributed by atoms with van der Waals surface area (Å²) >= 11 is 6.10. The molecule has 26 heavy (non-hydrogen) atoms. The van der Waals surface area contributed by atoms with E-state index in [1.54, 1.807) is 10.6 Å². The lowest BCUT2D eigenvalue weighted by molar-refractivity contribution is -0.144. The van der Waals surface area contributed by atoms with Crippen LogP contribution in [0.1, 0.15) is 38.3 Å². The monoisotopic (exact) mass is 375 g/mol. The minimum atomic E-state index is -0.598. The first-order valence-corrected chi connectivity index (χ1v) is 9.19. The first kappa shape index (κ1) is 18.5. The molecule has 1 aliphatic carbocycles. The highest BCUT2D eigenvalue weighted by molar-refractivity contribution is 6.31. The van der Waals surface area contributed by atoms with Crippen LogP contribution in [0.15, 0.2) is 30.5 Å². The molecule has 0 unspecified atom stereocenters. The van der Waals surface area contributed by atoms with Crippen LogP contribution in [0.5, 0.6) is 0 Å². The van der Waals surface area contributed by atoms with Crippen LogP contribution in [0.25, 0.3) is 11.7 Å². The molecule has 3 rings (SSSR count). The lowest BCUT2D eigenvalue weighted by Crippen LogP contribution is -2.42. The quantitative estimate of drug-likeness (QED) is 0.643. The van der Waals surface area contributed by atoms with Crippen molar-refractivity contribution < 1.29 is 14.3 Å². The maximum atomic E-state index is 12.0. The molecule has 1 aliphatic rings. The average Bonchev–Trinajstić information content (AvgIpc) is 2.95. The fourth-order valence-electron chi connectivity index (χ4n) is 3.25. The summed E-state index contributed by atoms with van der Waals surface area (Å²) in [5.74, 6) is -0.405. The highest BCUT2D eigenvalue weighted by Gasteiger charge is 2.22.